The van der Waals surface area contributed by atoms with E-state index >= 15 is 0 Å². The third kappa shape index (κ3) is 4.32. The Morgan fingerprint density at radius 3 is 2.46 bits per heavy atom. The van der Waals surface area contributed by atoms with E-state index < -0.39 is 22.8 Å². The number of nitrogens with one attached hydrogen (secondary N) is 1. The molecular formula is C21H19N3O4. The van der Waals surface area contributed by atoms with Crippen LogP contribution in [-0.2, 0) is 4.79 Å². The highest BCUT2D eigenvalue weighted by molar-refractivity contribution is 5.98. The Labute approximate surface area is 162 Å². The second-order valence-corrected chi connectivity index (χ2v) is 6.19. The van der Waals surface area contributed by atoms with Crippen LogP contribution < -0.4 is 10.1 Å². The number of hydrogen-bond acceptors (Lipinski definition) is 5. The number of benzene rings is 2. The molecule has 0 saturated carbocycles. The van der Waals surface area contributed by atoms with Gasteiger partial charge in [-0.05, 0) is 40.6 Å². The van der Waals surface area contributed by atoms with Gasteiger partial charge < -0.3 is 20.2 Å². The van der Waals surface area contributed by atoms with Crippen molar-refractivity contribution in [2.45, 2.75) is 20.0 Å². The number of nitro groups is 1. The number of aromatic nitrogens is 1. The second kappa shape index (κ2) is 8.30. The van der Waals surface area contributed by atoms with Crippen LogP contribution in [0.25, 0.3) is 11.1 Å². The average molecular weight is 377 g/mol. The molecule has 0 bridgehead atoms. The Balaban J connectivity index is 1.79. The molecule has 0 aliphatic rings. The van der Waals surface area contributed by atoms with Crippen LogP contribution in [0.15, 0.2) is 66.7 Å². The molecule has 0 spiro atoms. The molecule has 0 aliphatic carbocycles. The molecule has 1 heterocycles. The van der Waals surface area contributed by atoms with Crippen LogP contribution in [0, 0.1) is 17.0 Å². The van der Waals surface area contributed by atoms with Crippen molar-refractivity contribution in [3.63, 3.8) is 0 Å². The van der Waals surface area contributed by atoms with Gasteiger partial charge in [-0.2, -0.15) is 0 Å². The fourth-order valence-electron chi connectivity index (χ4n) is 2.69. The number of hydrogen-bond donors (Lipinski definition) is 1. The number of amides is 1. The lowest BCUT2D eigenvalue weighted by Crippen LogP contribution is -2.30. The van der Waals surface area contributed by atoms with Gasteiger partial charge in [0, 0.05) is 18.2 Å². The van der Waals surface area contributed by atoms with Gasteiger partial charge in [0.1, 0.15) is 5.69 Å². The minimum absolute atomic E-state index is 0.0467. The van der Waals surface area contributed by atoms with Gasteiger partial charge in [-0.3, -0.25) is 4.79 Å². The summed E-state index contributed by atoms with van der Waals surface area (Å²) >= 11 is 0. The maximum absolute atomic E-state index is 12.6. The van der Waals surface area contributed by atoms with E-state index in [1.807, 2.05) is 48.5 Å². The molecule has 1 aromatic heterocycles. The van der Waals surface area contributed by atoms with Crippen molar-refractivity contribution in [1.29, 1.82) is 0 Å². The van der Waals surface area contributed by atoms with Gasteiger partial charge in [0.15, 0.2) is 6.10 Å². The van der Waals surface area contributed by atoms with Crippen molar-refractivity contribution in [1.82, 2.24) is 4.98 Å². The molecular weight excluding hydrogens is 358 g/mol. The van der Waals surface area contributed by atoms with Gasteiger partial charge in [0.25, 0.3) is 5.91 Å². The van der Waals surface area contributed by atoms with Crippen molar-refractivity contribution in [3.05, 3.63) is 82.5 Å². The Hall–Kier alpha value is -3.74. The Morgan fingerprint density at radius 2 is 1.75 bits per heavy atom. The van der Waals surface area contributed by atoms with E-state index in [4.69, 9.17) is 4.74 Å². The predicted molar refractivity (Wildman–Crippen MR) is 106 cm³/mol. The summed E-state index contributed by atoms with van der Waals surface area (Å²) in [6.45, 7) is 3.18. The standard InChI is InChI=1S/C21H19N3O4/c1-14-12-13-19(20(22-14)24(26)27)28-15(2)21(25)23-18-11-7-6-10-17(18)16-8-4-3-5-9-16/h3-13,15H,1-2H3,(H,23,25)/t15-/m1/s1. The molecule has 1 atom stereocenters. The molecule has 0 aliphatic heterocycles. The number of nitrogens with zero attached hydrogens (tertiary/aromatic N) is 2. The smallest absolute Gasteiger partial charge is 0.406 e. The van der Waals surface area contributed by atoms with Crippen LogP contribution >= 0.6 is 0 Å². The van der Waals surface area contributed by atoms with E-state index in [2.05, 4.69) is 10.3 Å². The van der Waals surface area contributed by atoms with E-state index in [1.165, 1.54) is 13.0 Å². The average Bonchev–Trinajstić information content (AvgIpc) is 2.70. The third-order valence-corrected chi connectivity index (χ3v) is 4.09. The molecule has 3 rings (SSSR count). The molecule has 28 heavy (non-hydrogen) atoms. The van der Waals surface area contributed by atoms with Crippen LogP contribution in [0.1, 0.15) is 12.6 Å². The minimum Gasteiger partial charge on any atom is -0.473 e. The second-order valence-electron chi connectivity index (χ2n) is 6.19. The van der Waals surface area contributed by atoms with E-state index in [9.17, 15) is 14.9 Å². The summed E-state index contributed by atoms with van der Waals surface area (Å²) < 4.78 is 5.53. The van der Waals surface area contributed by atoms with Crippen molar-refractivity contribution in [2.24, 2.45) is 0 Å². The number of anilines is 1. The number of para-hydroxylation sites is 1. The summed E-state index contributed by atoms with van der Waals surface area (Å²) in [5.74, 6) is -0.878. The van der Waals surface area contributed by atoms with Crippen molar-refractivity contribution < 1.29 is 14.5 Å². The number of pyridine rings is 1. The number of carbonyl (C=O) groups excluding carboxylic acids is 1. The van der Waals surface area contributed by atoms with Gasteiger partial charge in [0.05, 0.1) is 0 Å². The number of carbonyl (C=O) groups is 1. The van der Waals surface area contributed by atoms with Gasteiger partial charge in [0.2, 0.25) is 5.75 Å². The molecule has 7 heteroatoms. The lowest BCUT2D eigenvalue weighted by atomic mass is 10.0. The molecule has 0 radical (unpaired) electrons. The summed E-state index contributed by atoms with van der Waals surface area (Å²) in [4.78, 5) is 27.0. The van der Waals surface area contributed by atoms with Crippen LogP contribution in [0.2, 0.25) is 0 Å². The zero-order chi connectivity index (χ0) is 20.1. The van der Waals surface area contributed by atoms with E-state index in [-0.39, 0.29) is 5.75 Å². The summed E-state index contributed by atoms with van der Waals surface area (Å²) in [7, 11) is 0. The first-order valence-corrected chi connectivity index (χ1v) is 8.69. The van der Waals surface area contributed by atoms with Crippen LogP contribution in [0.3, 0.4) is 0 Å². The number of ether oxygens (including phenoxy) is 1. The van der Waals surface area contributed by atoms with E-state index in [0.717, 1.165) is 11.1 Å². The number of aryl methyl sites for hydroxylation is 1. The summed E-state index contributed by atoms with van der Waals surface area (Å²) in [5.41, 5.74) is 2.95. The Kier molecular flexibility index (Phi) is 5.64. The molecule has 1 amide bonds. The van der Waals surface area contributed by atoms with Gasteiger partial charge in [-0.15, -0.1) is 0 Å². The van der Waals surface area contributed by atoms with Crippen LogP contribution in [0.5, 0.6) is 5.75 Å². The van der Waals surface area contributed by atoms with Crippen molar-refractivity contribution in [2.75, 3.05) is 5.32 Å². The fourth-order valence-corrected chi connectivity index (χ4v) is 2.69. The normalized spacial score (nSPS) is 11.5. The third-order valence-electron chi connectivity index (χ3n) is 4.09. The molecule has 3 aromatic rings. The molecule has 7 nitrogen and oxygen atoms in total. The summed E-state index contributed by atoms with van der Waals surface area (Å²) in [6.07, 6.45) is -0.952. The molecule has 1 N–H and O–H groups in total. The SMILES string of the molecule is Cc1ccc(O[C@H](C)C(=O)Nc2ccccc2-c2ccccc2)c([N+](=O)[O-])n1. The zero-order valence-corrected chi connectivity index (χ0v) is 15.5. The fraction of sp³-hybridized carbons (Fsp3) is 0.143. The summed E-state index contributed by atoms with van der Waals surface area (Å²) in [6, 6.07) is 20.1. The topological polar surface area (TPSA) is 94.4 Å². The molecule has 0 saturated heterocycles. The lowest BCUT2D eigenvalue weighted by molar-refractivity contribution is -0.390. The van der Waals surface area contributed by atoms with Gasteiger partial charge in [-0.1, -0.05) is 48.5 Å². The first-order chi connectivity index (χ1) is 13.5. The highest BCUT2D eigenvalue weighted by atomic mass is 16.6. The largest absolute Gasteiger partial charge is 0.473 e. The Bertz CT molecular complexity index is 1010. The zero-order valence-electron chi connectivity index (χ0n) is 15.5. The maximum atomic E-state index is 12.6. The highest BCUT2D eigenvalue weighted by Gasteiger charge is 2.23. The predicted octanol–water partition coefficient (Wildman–Crippen LogP) is 4.37. The van der Waals surface area contributed by atoms with Crippen molar-refractivity contribution in [3.8, 4) is 16.9 Å². The Morgan fingerprint density at radius 1 is 1.07 bits per heavy atom. The van der Waals surface area contributed by atoms with Crippen molar-refractivity contribution >= 4 is 17.4 Å². The molecule has 0 unspecified atom stereocenters. The quantitative estimate of drug-likeness (QED) is 0.508. The first kappa shape index (κ1) is 19.0. The maximum Gasteiger partial charge on any atom is 0.406 e. The molecule has 2 aromatic carbocycles. The molecule has 142 valence electrons. The number of rotatable bonds is 6. The van der Waals surface area contributed by atoms with Crippen LogP contribution in [0.4, 0.5) is 11.5 Å². The lowest BCUT2D eigenvalue weighted by Gasteiger charge is -2.16. The summed E-state index contributed by atoms with van der Waals surface area (Å²) in [5, 5.41) is 14.0. The first-order valence-electron chi connectivity index (χ1n) is 8.69. The monoisotopic (exact) mass is 377 g/mol. The van der Waals surface area contributed by atoms with Gasteiger partial charge in [-0.25, -0.2) is 0 Å². The van der Waals surface area contributed by atoms with Gasteiger partial charge >= 0.3 is 5.82 Å². The minimum atomic E-state index is -0.952. The van der Waals surface area contributed by atoms with E-state index in [0.29, 0.717) is 11.4 Å². The molecule has 0 fully saturated rings. The van der Waals surface area contributed by atoms with E-state index in [1.54, 1.807) is 19.1 Å². The van der Waals surface area contributed by atoms with Crippen LogP contribution in [-0.4, -0.2) is 21.9 Å². The highest BCUT2D eigenvalue weighted by Crippen LogP contribution is 2.29.